The fraction of sp³-hybridized carbons (Fsp3) is 0.833. The Morgan fingerprint density at radius 3 is 3.10 bits per heavy atom. The van der Waals surface area contributed by atoms with Gasteiger partial charge < -0.3 is 15.8 Å². The maximum atomic E-state index is 10.5. The Balaban J connectivity index is 2.19. The number of hydrogen-bond donors (Lipinski definition) is 2. The zero-order valence-corrected chi connectivity index (χ0v) is 5.80. The number of rotatable bonds is 2. The summed E-state index contributed by atoms with van der Waals surface area (Å²) in [5.74, 6) is -0.0340. The van der Waals surface area contributed by atoms with E-state index in [1.165, 1.54) is 0 Å². The van der Waals surface area contributed by atoms with Crippen LogP contribution >= 0.6 is 0 Å². The lowest BCUT2D eigenvalue weighted by Crippen LogP contribution is -2.43. The summed E-state index contributed by atoms with van der Waals surface area (Å²) in [6.07, 6.45) is 0.947. The average molecular weight is 144 g/mol. The standard InChI is InChI=1S/C6H12N2O2/c7-2-1-5-3-8-6(9)4-10-5/h5H,1-4,7H2,(H,8,9)/t5-/m1/s1. The molecule has 0 saturated carbocycles. The molecule has 0 radical (unpaired) electrons. The van der Waals surface area contributed by atoms with Crippen LogP contribution in [0.5, 0.6) is 0 Å². The molecule has 0 aromatic heterocycles. The molecular weight excluding hydrogens is 132 g/mol. The highest BCUT2D eigenvalue weighted by Crippen LogP contribution is 1.99. The highest BCUT2D eigenvalue weighted by Gasteiger charge is 2.16. The second-order valence-electron chi connectivity index (χ2n) is 2.31. The van der Waals surface area contributed by atoms with Crippen molar-refractivity contribution in [2.45, 2.75) is 12.5 Å². The predicted molar refractivity (Wildman–Crippen MR) is 36.4 cm³/mol. The lowest BCUT2D eigenvalue weighted by atomic mass is 10.2. The van der Waals surface area contributed by atoms with Crippen molar-refractivity contribution in [3.8, 4) is 0 Å². The predicted octanol–water partition coefficient (Wildman–Crippen LogP) is -1.15. The van der Waals surface area contributed by atoms with Gasteiger partial charge in [-0.1, -0.05) is 0 Å². The van der Waals surface area contributed by atoms with E-state index >= 15 is 0 Å². The van der Waals surface area contributed by atoms with Crippen molar-refractivity contribution in [2.75, 3.05) is 19.7 Å². The van der Waals surface area contributed by atoms with Crippen molar-refractivity contribution in [2.24, 2.45) is 5.73 Å². The Bertz CT molecular complexity index is 117. The van der Waals surface area contributed by atoms with Crippen LogP contribution in [0.2, 0.25) is 0 Å². The minimum absolute atomic E-state index is 0.0340. The molecule has 1 aliphatic rings. The van der Waals surface area contributed by atoms with Crippen LogP contribution < -0.4 is 11.1 Å². The quantitative estimate of drug-likeness (QED) is 0.514. The number of ether oxygens (including phenoxy) is 1. The molecule has 0 aromatic carbocycles. The van der Waals surface area contributed by atoms with Crippen LogP contribution in [0.3, 0.4) is 0 Å². The highest BCUT2D eigenvalue weighted by atomic mass is 16.5. The van der Waals surface area contributed by atoms with Crippen molar-refractivity contribution in [1.29, 1.82) is 0 Å². The van der Waals surface area contributed by atoms with Crippen LogP contribution in [0.1, 0.15) is 6.42 Å². The lowest BCUT2D eigenvalue weighted by Gasteiger charge is -2.22. The van der Waals surface area contributed by atoms with Gasteiger partial charge in [-0.05, 0) is 13.0 Å². The monoisotopic (exact) mass is 144 g/mol. The number of amides is 1. The van der Waals surface area contributed by atoms with Crippen LogP contribution in [0.15, 0.2) is 0 Å². The van der Waals surface area contributed by atoms with E-state index in [0.29, 0.717) is 13.1 Å². The fourth-order valence-electron chi connectivity index (χ4n) is 0.902. The molecule has 4 nitrogen and oxygen atoms in total. The molecule has 1 aliphatic heterocycles. The van der Waals surface area contributed by atoms with Gasteiger partial charge in [0.05, 0.1) is 6.10 Å². The molecule has 1 saturated heterocycles. The third-order valence-corrected chi connectivity index (χ3v) is 1.47. The summed E-state index contributed by atoms with van der Waals surface area (Å²) in [5.41, 5.74) is 5.30. The first-order valence-electron chi connectivity index (χ1n) is 3.41. The third kappa shape index (κ3) is 1.97. The molecular formula is C6H12N2O2. The molecule has 1 amide bonds. The Kier molecular flexibility index (Phi) is 2.65. The van der Waals surface area contributed by atoms with Gasteiger partial charge >= 0.3 is 0 Å². The summed E-state index contributed by atoms with van der Waals surface area (Å²) in [6.45, 7) is 1.40. The van der Waals surface area contributed by atoms with E-state index in [9.17, 15) is 4.79 Å². The van der Waals surface area contributed by atoms with E-state index in [4.69, 9.17) is 10.5 Å². The summed E-state index contributed by atoms with van der Waals surface area (Å²) in [4.78, 5) is 10.5. The van der Waals surface area contributed by atoms with Gasteiger partial charge in [0.1, 0.15) is 6.61 Å². The first-order valence-corrected chi connectivity index (χ1v) is 3.41. The van der Waals surface area contributed by atoms with Gasteiger partial charge in [0.25, 0.3) is 0 Å². The fourth-order valence-corrected chi connectivity index (χ4v) is 0.902. The lowest BCUT2D eigenvalue weighted by molar-refractivity contribution is -0.133. The Morgan fingerprint density at radius 2 is 2.60 bits per heavy atom. The minimum Gasteiger partial charge on any atom is -0.367 e. The zero-order valence-electron chi connectivity index (χ0n) is 5.80. The molecule has 1 heterocycles. The minimum atomic E-state index is -0.0340. The van der Waals surface area contributed by atoms with Gasteiger partial charge in [-0.2, -0.15) is 0 Å². The van der Waals surface area contributed by atoms with Crippen LogP contribution in [-0.2, 0) is 9.53 Å². The van der Waals surface area contributed by atoms with E-state index in [2.05, 4.69) is 5.32 Å². The molecule has 58 valence electrons. The van der Waals surface area contributed by atoms with Crippen molar-refractivity contribution in [3.63, 3.8) is 0 Å². The first kappa shape index (κ1) is 7.50. The molecule has 1 rings (SSSR count). The Labute approximate surface area is 59.7 Å². The van der Waals surface area contributed by atoms with Gasteiger partial charge in [0.15, 0.2) is 0 Å². The van der Waals surface area contributed by atoms with E-state index in [0.717, 1.165) is 6.42 Å². The van der Waals surface area contributed by atoms with Crippen LogP contribution in [0.25, 0.3) is 0 Å². The molecule has 0 unspecified atom stereocenters. The highest BCUT2D eigenvalue weighted by molar-refractivity contribution is 5.77. The second kappa shape index (κ2) is 3.53. The summed E-state index contributed by atoms with van der Waals surface area (Å²) in [6, 6.07) is 0. The van der Waals surface area contributed by atoms with Gasteiger partial charge in [-0.25, -0.2) is 0 Å². The van der Waals surface area contributed by atoms with Gasteiger partial charge in [-0.3, -0.25) is 4.79 Å². The number of nitrogens with two attached hydrogens (primary N) is 1. The van der Waals surface area contributed by atoms with Crippen molar-refractivity contribution < 1.29 is 9.53 Å². The molecule has 3 N–H and O–H groups in total. The average Bonchev–Trinajstić information content (AvgIpc) is 1.95. The van der Waals surface area contributed by atoms with Crippen molar-refractivity contribution in [3.05, 3.63) is 0 Å². The Hall–Kier alpha value is -0.610. The summed E-state index contributed by atoms with van der Waals surface area (Å²) >= 11 is 0. The number of hydrogen-bond acceptors (Lipinski definition) is 3. The second-order valence-corrected chi connectivity index (χ2v) is 2.31. The normalized spacial score (nSPS) is 26.1. The number of nitrogens with one attached hydrogen (secondary N) is 1. The summed E-state index contributed by atoms with van der Waals surface area (Å²) in [5, 5.41) is 2.70. The molecule has 1 fully saturated rings. The van der Waals surface area contributed by atoms with E-state index < -0.39 is 0 Å². The van der Waals surface area contributed by atoms with Crippen molar-refractivity contribution in [1.82, 2.24) is 5.32 Å². The summed E-state index contributed by atoms with van der Waals surface area (Å²) < 4.78 is 5.14. The third-order valence-electron chi connectivity index (χ3n) is 1.47. The van der Waals surface area contributed by atoms with Gasteiger partial charge in [0, 0.05) is 6.54 Å². The SMILES string of the molecule is NCC[C@@H]1CNC(=O)CO1. The number of carbonyl (C=O) groups excluding carboxylic acids is 1. The molecule has 4 heteroatoms. The first-order chi connectivity index (χ1) is 4.83. The van der Waals surface area contributed by atoms with Gasteiger partial charge in [-0.15, -0.1) is 0 Å². The molecule has 0 aliphatic carbocycles. The van der Waals surface area contributed by atoms with Crippen LogP contribution in [0, 0.1) is 0 Å². The zero-order chi connectivity index (χ0) is 7.40. The van der Waals surface area contributed by atoms with E-state index in [1.807, 2.05) is 0 Å². The topological polar surface area (TPSA) is 64.3 Å². The molecule has 0 aromatic rings. The van der Waals surface area contributed by atoms with Crippen molar-refractivity contribution >= 4 is 5.91 Å². The summed E-state index contributed by atoms with van der Waals surface area (Å²) in [7, 11) is 0. The Morgan fingerprint density at radius 1 is 1.80 bits per heavy atom. The van der Waals surface area contributed by atoms with E-state index in [1.54, 1.807) is 0 Å². The largest absolute Gasteiger partial charge is 0.367 e. The smallest absolute Gasteiger partial charge is 0.246 e. The maximum Gasteiger partial charge on any atom is 0.246 e. The number of morpholine rings is 1. The van der Waals surface area contributed by atoms with Crippen LogP contribution in [-0.4, -0.2) is 31.7 Å². The number of carbonyl (C=O) groups is 1. The molecule has 0 spiro atoms. The van der Waals surface area contributed by atoms with Crippen LogP contribution in [0.4, 0.5) is 0 Å². The van der Waals surface area contributed by atoms with Gasteiger partial charge in [0.2, 0.25) is 5.91 Å². The molecule has 1 atom stereocenters. The molecule has 0 bridgehead atoms. The maximum absolute atomic E-state index is 10.5. The van der Waals surface area contributed by atoms with E-state index in [-0.39, 0.29) is 18.6 Å². The molecule has 10 heavy (non-hydrogen) atoms.